The quantitative estimate of drug-likeness (QED) is 0.856. The van der Waals surface area contributed by atoms with Gasteiger partial charge in [0, 0.05) is 39.6 Å². The SMILES string of the molecule is CCOc1ccc(CN2CCC3(CC2)CC(O)(COC)CCO3)cc1. The Hall–Kier alpha value is -1.14. The molecule has 1 N–H and O–H groups in total. The molecule has 1 unspecified atom stereocenters. The number of ether oxygens (including phenoxy) is 3. The second-order valence-electron chi connectivity index (χ2n) is 7.47. The summed E-state index contributed by atoms with van der Waals surface area (Å²) in [5.41, 5.74) is 0.394. The number of likely N-dealkylation sites (tertiary alicyclic amines) is 1. The number of nitrogens with zero attached hydrogens (tertiary/aromatic N) is 1. The lowest BCUT2D eigenvalue weighted by molar-refractivity contribution is -0.191. The van der Waals surface area contributed by atoms with Crippen molar-refractivity contribution in [3.05, 3.63) is 29.8 Å². The summed E-state index contributed by atoms with van der Waals surface area (Å²) in [4.78, 5) is 2.47. The Kier molecular flexibility index (Phi) is 6.00. The minimum absolute atomic E-state index is 0.180. The molecule has 1 atom stereocenters. The number of methoxy groups -OCH3 is 1. The van der Waals surface area contributed by atoms with Crippen molar-refractivity contribution in [1.82, 2.24) is 4.90 Å². The lowest BCUT2D eigenvalue weighted by Gasteiger charge is -2.49. The summed E-state index contributed by atoms with van der Waals surface area (Å²) in [6.45, 7) is 6.66. The van der Waals surface area contributed by atoms with E-state index < -0.39 is 5.60 Å². The number of benzene rings is 1. The highest BCUT2D eigenvalue weighted by Gasteiger charge is 2.46. The van der Waals surface area contributed by atoms with Gasteiger partial charge in [0.15, 0.2) is 0 Å². The van der Waals surface area contributed by atoms with Gasteiger partial charge in [0.2, 0.25) is 0 Å². The van der Waals surface area contributed by atoms with Crippen LogP contribution in [0.3, 0.4) is 0 Å². The predicted octanol–water partition coefficient (Wildman–Crippen LogP) is 2.61. The van der Waals surface area contributed by atoms with E-state index in [0.717, 1.165) is 38.2 Å². The minimum Gasteiger partial charge on any atom is -0.494 e. The van der Waals surface area contributed by atoms with Crippen molar-refractivity contribution in [2.24, 2.45) is 0 Å². The molecule has 2 aliphatic rings. The van der Waals surface area contributed by atoms with Crippen LogP contribution >= 0.6 is 0 Å². The molecule has 1 aromatic rings. The Morgan fingerprint density at radius 1 is 1.16 bits per heavy atom. The van der Waals surface area contributed by atoms with Crippen molar-refractivity contribution >= 4 is 0 Å². The zero-order chi connectivity index (χ0) is 17.8. The maximum atomic E-state index is 10.7. The van der Waals surface area contributed by atoms with Crippen LogP contribution in [0.1, 0.15) is 38.2 Å². The van der Waals surface area contributed by atoms with Crippen LogP contribution in [0.4, 0.5) is 0 Å². The standard InChI is InChI=1S/C20H31NO4/c1-3-24-18-6-4-17(5-7-18)14-21-11-8-20(9-12-21)15-19(22,16-23-2)10-13-25-20/h4-7,22H,3,8-16H2,1-2H3. The van der Waals surface area contributed by atoms with E-state index in [1.54, 1.807) is 7.11 Å². The molecule has 1 aromatic carbocycles. The van der Waals surface area contributed by atoms with Gasteiger partial charge in [0.25, 0.3) is 0 Å². The largest absolute Gasteiger partial charge is 0.494 e. The smallest absolute Gasteiger partial charge is 0.119 e. The normalized spacial score (nSPS) is 26.7. The van der Waals surface area contributed by atoms with Gasteiger partial charge in [-0.15, -0.1) is 0 Å². The van der Waals surface area contributed by atoms with Crippen molar-refractivity contribution in [1.29, 1.82) is 0 Å². The lowest BCUT2D eigenvalue weighted by Crippen LogP contribution is -2.55. The summed E-state index contributed by atoms with van der Waals surface area (Å²) in [5, 5.41) is 10.7. The van der Waals surface area contributed by atoms with Crippen LogP contribution < -0.4 is 4.74 Å². The number of hydrogen-bond donors (Lipinski definition) is 1. The Labute approximate surface area is 150 Å². The van der Waals surface area contributed by atoms with Crippen LogP contribution in [0.2, 0.25) is 0 Å². The highest BCUT2D eigenvalue weighted by molar-refractivity contribution is 5.27. The van der Waals surface area contributed by atoms with E-state index in [4.69, 9.17) is 14.2 Å². The van der Waals surface area contributed by atoms with Gasteiger partial charge in [0.1, 0.15) is 5.75 Å². The van der Waals surface area contributed by atoms with Gasteiger partial charge in [-0.05, 0) is 37.5 Å². The fourth-order valence-corrected chi connectivity index (χ4v) is 4.14. The fourth-order valence-electron chi connectivity index (χ4n) is 4.14. The topological polar surface area (TPSA) is 51.2 Å². The molecule has 2 heterocycles. The predicted molar refractivity (Wildman–Crippen MR) is 96.9 cm³/mol. The fraction of sp³-hybridized carbons (Fsp3) is 0.700. The molecule has 2 saturated heterocycles. The first kappa shape index (κ1) is 18.6. The van der Waals surface area contributed by atoms with E-state index >= 15 is 0 Å². The molecule has 2 aliphatic heterocycles. The first-order valence-corrected chi connectivity index (χ1v) is 9.36. The Morgan fingerprint density at radius 2 is 1.88 bits per heavy atom. The second-order valence-corrected chi connectivity index (χ2v) is 7.47. The van der Waals surface area contributed by atoms with Gasteiger partial charge in [-0.3, -0.25) is 4.90 Å². The lowest BCUT2D eigenvalue weighted by atomic mass is 9.77. The second kappa shape index (κ2) is 8.04. The molecule has 0 aliphatic carbocycles. The number of piperidine rings is 1. The first-order valence-electron chi connectivity index (χ1n) is 9.36. The third-order valence-electron chi connectivity index (χ3n) is 5.45. The summed E-state index contributed by atoms with van der Waals surface area (Å²) >= 11 is 0. The van der Waals surface area contributed by atoms with Crippen LogP contribution in [0.15, 0.2) is 24.3 Å². The monoisotopic (exact) mass is 349 g/mol. The number of hydrogen-bond acceptors (Lipinski definition) is 5. The third-order valence-corrected chi connectivity index (χ3v) is 5.45. The Bertz CT molecular complexity index is 535. The summed E-state index contributed by atoms with van der Waals surface area (Å²) in [6, 6.07) is 8.37. The van der Waals surface area contributed by atoms with Gasteiger partial charge >= 0.3 is 0 Å². The van der Waals surface area contributed by atoms with Crippen LogP contribution in [-0.2, 0) is 16.0 Å². The van der Waals surface area contributed by atoms with E-state index in [1.165, 1.54) is 5.56 Å². The summed E-state index contributed by atoms with van der Waals surface area (Å²) in [6.07, 6.45) is 3.29. The molecular formula is C20H31NO4. The molecule has 0 amide bonds. The molecule has 0 saturated carbocycles. The van der Waals surface area contributed by atoms with E-state index in [0.29, 0.717) is 32.7 Å². The Balaban J connectivity index is 1.53. The molecule has 0 bridgehead atoms. The molecule has 5 nitrogen and oxygen atoms in total. The van der Waals surface area contributed by atoms with Crippen molar-refractivity contribution in [3.63, 3.8) is 0 Å². The van der Waals surface area contributed by atoms with Crippen molar-refractivity contribution < 1.29 is 19.3 Å². The summed E-state index contributed by atoms with van der Waals surface area (Å²) in [7, 11) is 1.65. The molecule has 3 rings (SSSR count). The summed E-state index contributed by atoms with van der Waals surface area (Å²) in [5.74, 6) is 0.928. The van der Waals surface area contributed by atoms with Crippen molar-refractivity contribution in [3.8, 4) is 5.75 Å². The van der Waals surface area contributed by atoms with Gasteiger partial charge in [0.05, 0.1) is 31.0 Å². The maximum absolute atomic E-state index is 10.7. The first-order chi connectivity index (χ1) is 12.1. The van der Waals surface area contributed by atoms with Crippen LogP contribution in [0.25, 0.3) is 0 Å². The van der Waals surface area contributed by atoms with Gasteiger partial charge < -0.3 is 19.3 Å². The third kappa shape index (κ3) is 4.73. The molecular weight excluding hydrogens is 318 g/mol. The summed E-state index contributed by atoms with van der Waals surface area (Å²) < 4.78 is 16.9. The molecule has 2 fully saturated rings. The van der Waals surface area contributed by atoms with E-state index in [9.17, 15) is 5.11 Å². The molecule has 0 radical (unpaired) electrons. The van der Waals surface area contributed by atoms with E-state index in [2.05, 4.69) is 17.0 Å². The average Bonchev–Trinajstić information content (AvgIpc) is 2.59. The highest BCUT2D eigenvalue weighted by atomic mass is 16.5. The van der Waals surface area contributed by atoms with Gasteiger partial charge in [-0.25, -0.2) is 0 Å². The molecule has 25 heavy (non-hydrogen) atoms. The molecule has 0 aromatic heterocycles. The highest BCUT2D eigenvalue weighted by Crippen LogP contribution is 2.40. The number of aliphatic hydroxyl groups is 1. The minimum atomic E-state index is -0.732. The van der Waals surface area contributed by atoms with Crippen molar-refractivity contribution in [2.75, 3.05) is 40.0 Å². The van der Waals surface area contributed by atoms with E-state index in [-0.39, 0.29) is 5.60 Å². The molecule has 5 heteroatoms. The van der Waals surface area contributed by atoms with Crippen LogP contribution in [-0.4, -0.2) is 61.2 Å². The Morgan fingerprint density at radius 3 is 2.52 bits per heavy atom. The number of rotatable bonds is 6. The average molecular weight is 349 g/mol. The zero-order valence-corrected chi connectivity index (χ0v) is 15.5. The van der Waals surface area contributed by atoms with Gasteiger partial charge in [-0.2, -0.15) is 0 Å². The molecule has 1 spiro atoms. The van der Waals surface area contributed by atoms with Crippen LogP contribution in [0, 0.1) is 0 Å². The maximum Gasteiger partial charge on any atom is 0.119 e. The van der Waals surface area contributed by atoms with Crippen molar-refractivity contribution in [2.45, 2.75) is 50.4 Å². The van der Waals surface area contributed by atoms with Gasteiger partial charge in [-0.1, -0.05) is 12.1 Å². The van der Waals surface area contributed by atoms with Crippen LogP contribution in [0.5, 0.6) is 5.75 Å². The van der Waals surface area contributed by atoms with E-state index in [1.807, 2.05) is 19.1 Å². The molecule has 140 valence electrons. The zero-order valence-electron chi connectivity index (χ0n) is 15.5.